The van der Waals surface area contributed by atoms with Gasteiger partial charge in [0, 0.05) is 17.7 Å². The monoisotopic (exact) mass is 600 g/mol. The number of aliphatic hydroxyl groups is 3. The summed E-state index contributed by atoms with van der Waals surface area (Å²) >= 11 is 0. The molecule has 5 rings (SSSR count). The highest BCUT2D eigenvalue weighted by Gasteiger charge is 2.48. The van der Waals surface area contributed by atoms with Crippen molar-refractivity contribution in [2.24, 2.45) is 0 Å². The van der Waals surface area contributed by atoms with E-state index in [1.165, 1.54) is 24.3 Å². The highest BCUT2D eigenvalue weighted by Crippen LogP contribution is 2.39. The number of benzene rings is 3. The SMILES string of the molecule is O=C(O[C@H]1[C@H](Oc2c(-c3ccc(O)cc3)oc3cc(O)cc(O)c3c2=O)O[C@H](CO)[C@H](O)[C@@H]1O)c1cc(O)c(O)c(O)c1. The summed E-state index contributed by atoms with van der Waals surface area (Å²) in [7, 11) is 0. The van der Waals surface area contributed by atoms with Crippen molar-refractivity contribution in [1.82, 2.24) is 0 Å². The molecule has 0 spiro atoms. The van der Waals surface area contributed by atoms with E-state index in [9.17, 15) is 55.5 Å². The van der Waals surface area contributed by atoms with Gasteiger partial charge in [0.05, 0.1) is 12.2 Å². The lowest BCUT2D eigenvalue weighted by Crippen LogP contribution is -2.61. The summed E-state index contributed by atoms with van der Waals surface area (Å²) in [5, 5.41) is 89.8. The van der Waals surface area contributed by atoms with Gasteiger partial charge in [-0.3, -0.25) is 4.79 Å². The number of carbonyl (C=O) groups excluding carboxylic acids is 1. The van der Waals surface area contributed by atoms with Crippen molar-refractivity contribution in [2.45, 2.75) is 30.7 Å². The molecule has 9 N–H and O–H groups in total. The molecule has 0 saturated carbocycles. The summed E-state index contributed by atoms with van der Waals surface area (Å²) < 4.78 is 22.4. The third kappa shape index (κ3) is 5.40. The van der Waals surface area contributed by atoms with Crippen LogP contribution in [0.5, 0.6) is 40.2 Å². The molecular formula is C28H24O15. The molecule has 15 heteroatoms. The van der Waals surface area contributed by atoms with Gasteiger partial charge in [-0.2, -0.15) is 0 Å². The fourth-order valence-electron chi connectivity index (χ4n) is 4.48. The Bertz CT molecular complexity index is 1720. The van der Waals surface area contributed by atoms with Gasteiger partial charge in [0.25, 0.3) is 0 Å². The number of aromatic hydroxyl groups is 6. The molecule has 15 nitrogen and oxygen atoms in total. The van der Waals surface area contributed by atoms with Crippen molar-refractivity contribution in [2.75, 3.05) is 6.61 Å². The van der Waals surface area contributed by atoms with Crippen LogP contribution < -0.4 is 10.2 Å². The van der Waals surface area contributed by atoms with Crippen molar-refractivity contribution in [1.29, 1.82) is 0 Å². The minimum atomic E-state index is -1.99. The van der Waals surface area contributed by atoms with E-state index in [1.54, 1.807) is 0 Å². The zero-order valence-electron chi connectivity index (χ0n) is 21.7. The smallest absolute Gasteiger partial charge is 0.339 e. The largest absolute Gasteiger partial charge is 0.508 e. The summed E-state index contributed by atoms with van der Waals surface area (Å²) in [5.41, 5.74) is -1.63. The lowest BCUT2D eigenvalue weighted by Gasteiger charge is -2.41. The van der Waals surface area contributed by atoms with Gasteiger partial charge in [0.15, 0.2) is 29.1 Å². The normalized spacial score (nSPS) is 21.9. The highest BCUT2D eigenvalue weighted by atomic mass is 16.7. The third-order valence-electron chi connectivity index (χ3n) is 6.65. The summed E-state index contributed by atoms with van der Waals surface area (Å²) in [5.74, 6) is -6.21. The minimum absolute atomic E-state index is 0.138. The predicted molar refractivity (Wildman–Crippen MR) is 142 cm³/mol. The number of phenols is 6. The van der Waals surface area contributed by atoms with Crippen LogP contribution in [0.3, 0.4) is 0 Å². The molecule has 0 amide bonds. The lowest BCUT2D eigenvalue weighted by molar-refractivity contribution is -0.276. The zero-order chi connectivity index (χ0) is 31.2. The summed E-state index contributed by atoms with van der Waals surface area (Å²) in [6.45, 7) is -0.852. The Morgan fingerprint density at radius 3 is 2.12 bits per heavy atom. The predicted octanol–water partition coefficient (Wildman–Crippen LogP) is 0.737. The maximum atomic E-state index is 13.7. The van der Waals surface area contributed by atoms with Crippen LogP contribution in [0.2, 0.25) is 0 Å². The number of carbonyl (C=O) groups is 1. The van der Waals surface area contributed by atoms with Crippen LogP contribution in [-0.4, -0.2) is 89.2 Å². The van der Waals surface area contributed by atoms with E-state index in [2.05, 4.69) is 0 Å². The van der Waals surface area contributed by atoms with Crippen molar-refractivity contribution in [3.8, 4) is 51.6 Å². The average molecular weight is 600 g/mol. The van der Waals surface area contributed by atoms with Crippen LogP contribution in [0.25, 0.3) is 22.3 Å². The zero-order valence-corrected chi connectivity index (χ0v) is 21.7. The Morgan fingerprint density at radius 2 is 1.49 bits per heavy atom. The molecule has 0 aliphatic carbocycles. The van der Waals surface area contributed by atoms with Gasteiger partial charge in [0.1, 0.15) is 46.5 Å². The molecule has 43 heavy (non-hydrogen) atoms. The van der Waals surface area contributed by atoms with E-state index in [0.717, 1.165) is 24.3 Å². The number of fused-ring (bicyclic) bond motifs is 1. The molecule has 4 aromatic rings. The van der Waals surface area contributed by atoms with Gasteiger partial charge in [0.2, 0.25) is 17.5 Å². The van der Waals surface area contributed by atoms with Gasteiger partial charge in [-0.15, -0.1) is 0 Å². The van der Waals surface area contributed by atoms with Gasteiger partial charge < -0.3 is 64.6 Å². The van der Waals surface area contributed by atoms with Crippen LogP contribution in [0.15, 0.2) is 57.7 Å². The fourth-order valence-corrected chi connectivity index (χ4v) is 4.48. The number of aliphatic hydroxyl groups excluding tert-OH is 3. The molecule has 1 aliphatic heterocycles. The first-order chi connectivity index (χ1) is 20.4. The van der Waals surface area contributed by atoms with Crippen molar-refractivity contribution >= 4 is 16.9 Å². The van der Waals surface area contributed by atoms with Crippen LogP contribution in [0, 0.1) is 0 Å². The standard InChI is InChI=1S/C28H24O15/c29-9-18-21(36)23(38)26(42-27(39)11-5-15(33)20(35)16(34)6-11)28(41-18)43-25-22(37)19-14(32)7-13(31)8-17(19)40-24(25)10-1-3-12(30)4-2-10/h1-8,18,21,23,26,28-36,38H,9H2/t18-,21+,23+,26-,28+/m1/s1. The Labute approximate surface area is 239 Å². The van der Waals surface area contributed by atoms with Gasteiger partial charge in [-0.05, 0) is 36.4 Å². The molecule has 5 atom stereocenters. The number of phenolic OH excluding ortho intramolecular Hbond substituents is 6. The molecule has 0 bridgehead atoms. The summed E-state index contributed by atoms with van der Waals surface area (Å²) in [6.07, 6.45) is -9.20. The van der Waals surface area contributed by atoms with Crippen LogP contribution in [0.4, 0.5) is 0 Å². The second-order valence-electron chi connectivity index (χ2n) is 9.53. The quantitative estimate of drug-likeness (QED) is 0.109. The number of hydrogen-bond acceptors (Lipinski definition) is 15. The highest BCUT2D eigenvalue weighted by molar-refractivity contribution is 5.91. The number of hydrogen-bond donors (Lipinski definition) is 9. The van der Waals surface area contributed by atoms with E-state index in [1.807, 2.05) is 0 Å². The number of esters is 1. The average Bonchev–Trinajstić information content (AvgIpc) is 2.96. The van der Waals surface area contributed by atoms with Crippen LogP contribution in [-0.2, 0) is 9.47 Å². The number of ether oxygens (including phenoxy) is 3. The first-order valence-electron chi connectivity index (χ1n) is 12.5. The van der Waals surface area contributed by atoms with Gasteiger partial charge >= 0.3 is 5.97 Å². The van der Waals surface area contributed by atoms with Crippen molar-refractivity contribution < 1.29 is 69.4 Å². The number of rotatable bonds is 6. The molecular weight excluding hydrogens is 576 g/mol. The Kier molecular flexibility index (Phi) is 7.64. The van der Waals surface area contributed by atoms with Gasteiger partial charge in [-0.1, -0.05) is 0 Å². The second kappa shape index (κ2) is 11.2. The first-order valence-corrected chi connectivity index (χ1v) is 12.5. The van der Waals surface area contributed by atoms with Crippen molar-refractivity contribution in [3.63, 3.8) is 0 Å². The Morgan fingerprint density at radius 1 is 0.837 bits per heavy atom. The third-order valence-corrected chi connectivity index (χ3v) is 6.65. The molecule has 1 aromatic heterocycles. The topological polar surface area (TPSA) is 257 Å². The summed E-state index contributed by atoms with van der Waals surface area (Å²) in [4.78, 5) is 26.6. The molecule has 1 saturated heterocycles. The van der Waals surface area contributed by atoms with Crippen LogP contribution >= 0.6 is 0 Å². The minimum Gasteiger partial charge on any atom is -0.508 e. The molecule has 0 radical (unpaired) electrons. The molecule has 1 aliphatic rings. The van der Waals surface area contributed by atoms with E-state index in [4.69, 9.17) is 18.6 Å². The molecule has 2 heterocycles. The fraction of sp³-hybridized carbons (Fsp3) is 0.214. The summed E-state index contributed by atoms with van der Waals surface area (Å²) in [6, 6.07) is 8.61. The van der Waals surface area contributed by atoms with E-state index < -0.39 is 94.2 Å². The molecule has 226 valence electrons. The molecule has 0 unspecified atom stereocenters. The Balaban J connectivity index is 1.61. The van der Waals surface area contributed by atoms with E-state index >= 15 is 0 Å². The maximum absolute atomic E-state index is 13.7. The van der Waals surface area contributed by atoms with E-state index in [-0.39, 0.29) is 22.7 Å². The second-order valence-corrected chi connectivity index (χ2v) is 9.53. The molecule has 1 fully saturated rings. The maximum Gasteiger partial charge on any atom is 0.339 e. The molecule has 3 aromatic carbocycles. The van der Waals surface area contributed by atoms with Crippen LogP contribution in [0.1, 0.15) is 10.4 Å². The van der Waals surface area contributed by atoms with Crippen molar-refractivity contribution in [3.05, 3.63) is 64.3 Å². The first kappa shape index (κ1) is 29.3. The van der Waals surface area contributed by atoms with E-state index in [0.29, 0.717) is 0 Å². The Hall–Kier alpha value is -5.22. The lowest BCUT2D eigenvalue weighted by atomic mass is 9.99. The van der Waals surface area contributed by atoms with Gasteiger partial charge in [-0.25, -0.2) is 4.79 Å².